The molecule has 1 aromatic heterocycles. The summed E-state index contributed by atoms with van der Waals surface area (Å²) in [5, 5.41) is 6.51. The van der Waals surface area contributed by atoms with E-state index in [0.717, 1.165) is 17.8 Å². The van der Waals surface area contributed by atoms with E-state index in [4.69, 9.17) is 0 Å². The number of thiocarbonyl (C=S) groups is 1. The van der Waals surface area contributed by atoms with Gasteiger partial charge < -0.3 is 0 Å². The zero-order valence-electron chi connectivity index (χ0n) is 6.53. The maximum atomic E-state index is 4.50. The molecule has 11 heavy (non-hydrogen) atoms. The van der Waals surface area contributed by atoms with Crippen LogP contribution in [0.15, 0.2) is 11.2 Å². The molecule has 1 rings (SSSR count). The molecule has 0 aliphatic rings. The fourth-order valence-electron chi connectivity index (χ4n) is 0.916. The molecule has 0 aliphatic heterocycles. The number of hydrogen-bond donors (Lipinski definition) is 0. The summed E-state index contributed by atoms with van der Waals surface area (Å²) in [6, 6.07) is 0. The fraction of sp³-hybridized carbons (Fsp3) is 0.429. The van der Waals surface area contributed by atoms with Crippen LogP contribution in [0.3, 0.4) is 0 Å². The van der Waals surface area contributed by atoms with Crippen molar-refractivity contribution in [3.8, 4) is 0 Å². The van der Waals surface area contributed by atoms with Crippen molar-refractivity contribution >= 4 is 23.1 Å². The second kappa shape index (κ2) is 3.42. The third-order valence-corrected chi connectivity index (χ3v) is 1.48. The van der Waals surface area contributed by atoms with E-state index in [0.29, 0.717) is 0 Å². The van der Waals surface area contributed by atoms with Gasteiger partial charge in [-0.2, -0.15) is 10.1 Å². The summed E-state index contributed by atoms with van der Waals surface area (Å²) in [4.78, 5) is 3.88. The zero-order chi connectivity index (χ0) is 8.27. The highest BCUT2D eigenvalue weighted by atomic mass is 32.1. The molecule has 0 aliphatic carbocycles. The third-order valence-electron chi connectivity index (χ3n) is 1.38. The number of aryl methyl sites for hydroxylation is 2. The van der Waals surface area contributed by atoms with E-state index < -0.39 is 0 Å². The van der Waals surface area contributed by atoms with Crippen LogP contribution in [0.4, 0.5) is 5.69 Å². The minimum atomic E-state index is 0.824. The Bertz CT molecular complexity index is 297. The van der Waals surface area contributed by atoms with Crippen molar-refractivity contribution in [2.24, 2.45) is 12.0 Å². The fourth-order valence-corrected chi connectivity index (χ4v) is 1.01. The smallest absolute Gasteiger partial charge is 0.115 e. The average molecular weight is 167 g/mol. The minimum Gasteiger partial charge on any atom is -0.273 e. The molecule has 0 bridgehead atoms. The summed E-state index contributed by atoms with van der Waals surface area (Å²) in [5.74, 6) is 0. The predicted octanol–water partition coefficient (Wildman–Crippen LogP) is 1.72. The lowest BCUT2D eigenvalue weighted by Gasteiger charge is -1.86. The molecule has 1 heterocycles. The van der Waals surface area contributed by atoms with Crippen LogP contribution in [0.1, 0.15) is 12.6 Å². The van der Waals surface area contributed by atoms with Crippen LogP contribution in [-0.4, -0.2) is 14.9 Å². The SMILES string of the molecule is CCc1nn(C)cc1N=C=S. The Morgan fingerprint density at radius 1 is 1.82 bits per heavy atom. The molecule has 0 saturated heterocycles. The first-order chi connectivity index (χ1) is 5.27. The monoisotopic (exact) mass is 167 g/mol. The van der Waals surface area contributed by atoms with Crippen molar-refractivity contribution in [2.45, 2.75) is 13.3 Å². The molecule has 0 amide bonds. The number of rotatable bonds is 2. The topological polar surface area (TPSA) is 30.2 Å². The Hall–Kier alpha value is -0.990. The van der Waals surface area contributed by atoms with Crippen molar-refractivity contribution < 1.29 is 0 Å². The van der Waals surface area contributed by atoms with Gasteiger partial charge >= 0.3 is 0 Å². The van der Waals surface area contributed by atoms with E-state index in [1.54, 1.807) is 4.68 Å². The minimum absolute atomic E-state index is 0.824. The quantitative estimate of drug-likeness (QED) is 0.496. The van der Waals surface area contributed by atoms with Crippen LogP contribution in [0.2, 0.25) is 0 Å². The molecule has 58 valence electrons. The van der Waals surface area contributed by atoms with Crippen molar-refractivity contribution in [3.63, 3.8) is 0 Å². The van der Waals surface area contributed by atoms with E-state index in [1.165, 1.54) is 0 Å². The first kappa shape index (κ1) is 8.11. The van der Waals surface area contributed by atoms with Gasteiger partial charge in [-0.05, 0) is 18.6 Å². The summed E-state index contributed by atoms with van der Waals surface area (Å²) in [6.45, 7) is 2.03. The van der Waals surface area contributed by atoms with Gasteiger partial charge in [0.15, 0.2) is 0 Å². The highest BCUT2D eigenvalue weighted by Gasteiger charge is 2.02. The van der Waals surface area contributed by atoms with E-state index >= 15 is 0 Å². The lowest BCUT2D eigenvalue weighted by Crippen LogP contribution is -1.88. The first-order valence-corrected chi connectivity index (χ1v) is 3.79. The van der Waals surface area contributed by atoms with Gasteiger partial charge in [-0.3, -0.25) is 4.68 Å². The van der Waals surface area contributed by atoms with E-state index in [2.05, 4.69) is 27.5 Å². The first-order valence-electron chi connectivity index (χ1n) is 3.38. The van der Waals surface area contributed by atoms with Crippen LogP contribution in [-0.2, 0) is 13.5 Å². The Morgan fingerprint density at radius 2 is 2.55 bits per heavy atom. The van der Waals surface area contributed by atoms with Gasteiger partial charge in [0.2, 0.25) is 0 Å². The second-order valence-electron chi connectivity index (χ2n) is 2.19. The molecule has 0 unspecified atom stereocenters. The molecular weight excluding hydrogens is 158 g/mol. The van der Waals surface area contributed by atoms with Crippen LogP contribution in [0.5, 0.6) is 0 Å². The van der Waals surface area contributed by atoms with Gasteiger partial charge in [0.25, 0.3) is 0 Å². The Labute approximate surface area is 70.8 Å². The average Bonchev–Trinajstić information content (AvgIpc) is 2.32. The zero-order valence-corrected chi connectivity index (χ0v) is 7.35. The second-order valence-corrected chi connectivity index (χ2v) is 2.37. The number of aliphatic imine (C=N–C) groups is 1. The summed E-state index contributed by atoms with van der Waals surface area (Å²) < 4.78 is 1.73. The van der Waals surface area contributed by atoms with Crippen molar-refractivity contribution in [2.75, 3.05) is 0 Å². The predicted molar refractivity (Wildman–Crippen MR) is 47.3 cm³/mol. The number of hydrogen-bond acceptors (Lipinski definition) is 3. The highest BCUT2D eigenvalue weighted by molar-refractivity contribution is 7.78. The van der Waals surface area contributed by atoms with E-state index in [9.17, 15) is 0 Å². The van der Waals surface area contributed by atoms with Gasteiger partial charge in [0, 0.05) is 7.05 Å². The molecular formula is C7H9N3S. The molecule has 1 aromatic rings. The van der Waals surface area contributed by atoms with E-state index in [1.807, 2.05) is 20.2 Å². The molecule has 0 N–H and O–H groups in total. The Balaban J connectivity index is 3.11. The maximum absolute atomic E-state index is 4.50. The molecule has 0 atom stereocenters. The summed E-state index contributed by atoms with van der Waals surface area (Å²) in [7, 11) is 1.86. The van der Waals surface area contributed by atoms with Crippen LogP contribution in [0, 0.1) is 0 Å². The summed E-state index contributed by atoms with van der Waals surface area (Å²) in [6.07, 6.45) is 2.70. The van der Waals surface area contributed by atoms with Gasteiger partial charge in [0.05, 0.1) is 17.1 Å². The van der Waals surface area contributed by atoms with Crippen LogP contribution in [0.25, 0.3) is 0 Å². The molecule has 4 heteroatoms. The molecule has 0 spiro atoms. The van der Waals surface area contributed by atoms with Gasteiger partial charge in [-0.25, -0.2) is 0 Å². The highest BCUT2D eigenvalue weighted by Crippen LogP contribution is 2.16. The van der Waals surface area contributed by atoms with Gasteiger partial charge in [-0.1, -0.05) is 6.92 Å². The maximum Gasteiger partial charge on any atom is 0.115 e. The lowest BCUT2D eigenvalue weighted by atomic mass is 10.3. The molecule has 0 aromatic carbocycles. The van der Waals surface area contributed by atoms with Crippen LogP contribution < -0.4 is 0 Å². The van der Waals surface area contributed by atoms with Crippen molar-refractivity contribution in [1.29, 1.82) is 0 Å². The number of aromatic nitrogens is 2. The third kappa shape index (κ3) is 1.73. The summed E-state index contributed by atoms with van der Waals surface area (Å²) >= 11 is 4.50. The standard InChI is InChI=1S/C7H9N3S/c1-3-6-7(8-5-11)4-10(2)9-6/h4H,3H2,1-2H3. The van der Waals surface area contributed by atoms with E-state index in [-0.39, 0.29) is 0 Å². The molecule has 0 saturated carbocycles. The van der Waals surface area contributed by atoms with Crippen molar-refractivity contribution in [1.82, 2.24) is 9.78 Å². The largest absolute Gasteiger partial charge is 0.273 e. The number of nitrogens with zero attached hydrogens (tertiary/aromatic N) is 3. The molecule has 3 nitrogen and oxygen atoms in total. The summed E-state index contributed by atoms with van der Waals surface area (Å²) in [5.41, 5.74) is 1.79. The van der Waals surface area contributed by atoms with Crippen molar-refractivity contribution in [3.05, 3.63) is 11.9 Å². The molecule has 0 radical (unpaired) electrons. The number of isothiocyanates is 1. The normalized spacial score (nSPS) is 9.27. The Kier molecular flexibility index (Phi) is 2.52. The van der Waals surface area contributed by atoms with Gasteiger partial charge in [-0.15, -0.1) is 0 Å². The lowest BCUT2D eigenvalue weighted by molar-refractivity contribution is 0.746. The van der Waals surface area contributed by atoms with Gasteiger partial charge in [0.1, 0.15) is 5.69 Å². The van der Waals surface area contributed by atoms with Crippen LogP contribution >= 0.6 is 12.2 Å². The Morgan fingerprint density at radius 3 is 3.09 bits per heavy atom. The molecule has 0 fully saturated rings.